The highest BCUT2D eigenvalue weighted by Crippen LogP contribution is 2.42. The lowest BCUT2D eigenvalue weighted by atomic mass is 9.92. The molecule has 0 unspecified atom stereocenters. The number of carbonyl (C=O) groups excluding carboxylic acids is 1. The van der Waals surface area contributed by atoms with Gasteiger partial charge in [0.25, 0.3) is 0 Å². The van der Waals surface area contributed by atoms with Crippen molar-refractivity contribution in [3.63, 3.8) is 0 Å². The molecule has 0 radical (unpaired) electrons. The molecule has 0 N–H and O–H groups in total. The highest BCUT2D eigenvalue weighted by molar-refractivity contribution is 6.21. The smallest absolute Gasteiger partial charge is 0.195 e. The van der Waals surface area contributed by atoms with Gasteiger partial charge in [-0.15, -0.1) is 0 Å². The first-order chi connectivity index (χ1) is 18.7. The number of aromatic nitrogens is 1. The normalized spacial score (nSPS) is 15.1. The molecule has 0 bridgehead atoms. The molecule has 0 atom stereocenters. The van der Waals surface area contributed by atoms with Crippen LogP contribution in [-0.2, 0) is 13.0 Å². The predicted octanol–water partition coefficient (Wildman–Crippen LogP) is 5.98. The Labute approximate surface area is 223 Å². The van der Waals surface area contributed by atoms with E-state index in [0.29, 0.717) is 17.7 Å². The summed E-state index contributed by atoms with van der Waals surface area (Å²) in [5, 5.41) is 0.905. The molecule has 1 aromatic heterocycles. The van der Waals surface area contributed by atoms with E-state index in [-0.39, 0.29) is 5.78 Å². The first-order valence-corrected chi connectivity index (χ1v) is 13.5. The number of ether oxygens (including phenoxy) is 3. The van der Waals surface area contributed by atoms with Crippen LogP contribution < -0.4 is 14.2 Å². The largest absolute Gasteiger partial charge is 0.497 e. The fourth-order valence-electron chi connectivity index (χ4n) is 5.88. The number of rotatable bonds is 8. The average Bonchev–Trinajstić information content (AvgIpc) is 3.31. The number of benzene rings is 3. The van der Waals surface area contributed by atoms with Crippen LogP contribution in [0.3, 0.4) is 0 Å². The molecule has 2 aliphatic heterocycles. The van der Waals surface area contributed by atoms with Crippen LogP contribution in [0.25, 0.3) is 22.2 Å². The molecule has 6 heteroatoms. The van der Waals surface area contributed by atoms with Gasteiger partial charge >= 0.3 is 0 Å². The van der Waals surface area contributed by atoms with Crippen LogP contribution in [0.1, 0.15) is 40.7 Å². The van der Waals surface area contributed by atoms with Gasteiger partial charge in [-0.1, -0.05) is 12.5 Å². The van der Waals surface area contributed by atoms with Gasteiger partial charge in [-0.25, -0.2) is 0 Å². The number of piperidine rings is 1. The number of ketones is 1. The Balaban J connectivity index is 1.34. The number of nitrogens with zero attached hydrogens (tertiary/aromatic N) is 2. The minimum atomic E-state index is -0.00691. The summed E-state index contributed by atoms with van der Waals surface area (Å²) >= 11 is 0. The summed E-state index contributed by atoms with van der Waals surface area (Å²) in [7, 11) is 3.33. The first-order valence-electron chi connectivity index (χ1n) is 13.5. The van der Waals surface area contributed by atoms with Crippen molar-refractivity contribution in [2.24, 2.45) is 0 Å². The van der Waals surface area contributed by atoms with Crippen molar-refractivity contribution in [2.45, 2.75) is 32.2 Å². The van der Waals surface area contributed by atoms with Crippen LogP contribution in [0.5, 0.6) is 17.2 Å². The molecule has 0 amide bonds. The molecular weight excluding hydrogens is 476 g/mol. The van der Waals surface area contributed by atoms with Gasteiger partial charge in [0.05, 0.1) is 25.5 Å². The molecule has 3 aromatic carbocycles. The van der Waals surface area contributed by atoms with E-state index in [9.17, 15) is 4.79 Å². The predicted molar refractivity (Wildman–Crippen MR) is 150 cm³/mol. The lowest BCUT2D eigenvalue weighted by Crippen LogP contribution is -2.33. The second kappa shape index (κ2) is 10.5. The summed E-state index contributed by atoms with van der Waals surface area (Å²) in [6.45, 7) is 4.73. The molecule has 196 valence electrons. The van der Waals surface area contributed by atoms with Gasteiger partial charge in [0.1, 0.15) is 23.9 Å². The molecule has 4 aromatic rings. The Morgan fingerprint density at radius 1 is 0.816 bits per heavy atom. The molecule has 1 fully saturated rings. The maximum absolute atomic E-state index is 14.2. The Bertz CT molecular complexity index is 1470. The van der Waals surface area contributed by atoms with Gasteiger partial charge in [0.2, 0.25) is 0 Å². The van der Waals surface area contributed by atoms with Crippen molar-refractivity contribution >= 4 is 16.7 Å². The number of aryl methyl sites for hydroxylation is 2. The Kier molecular flexibility index (Phi) is 6.81. The van der Waals surface area contributed by atoms with E-state index < -0.39 is 0 Å². The minimum Gasteiger partial charge on any atom is -0.497 e. The van der Waals surface area contributed by atoms with E-state index in [1.54, 1.807) is 14.2 Å². The number of carbonyl (C=O) groups is 1. The molecule has 1 saturated heterocycles. The van der Waals surface area contributed by atoms with Crippen LogP contribution in [-0.4, -0.2) is 55.7 Å². The van der Waals surface area contributed by atoms with Crippen LogP contribution in [0.2, 0.25) is 0 Å². The Morgan fingerprint density at radius 2 is 1.53 bits per heavy atom. The summed E-state index contributed by atoms with van der Waals surface area (Å²) in [5.74, 6) is 2.30. The molecule has 2 aliphatic rings. The van der Waals surface area contributed by atoms with Crippen molar-refractivity contribution in [1.82, 2.24) is 9.47 Å². The fourth-order valence-corrected chi connectivity index (χ4v) is 5.88. The SMILES string of the molecule is COc1ccc2c(c1)-c1c(C(=O)c3ccc(OCCN4CCCCC4)cc3)c3cc(OC)ccc3n1CC2. The molecule has 6 rings (SSSR count). The highest BCUT2D eigenvalue weighted by Gasteiger charge is 2.29. The van der Waals surface area contributed by atoms with E-state index in [1.807, 2.05) is 48.5 Å². The summed E-state index contributed by atoms with van der Waals surface area (Å²) in [6.07, 6.45) is 4.79. The summed E-state index contributed by atoms with van der Waals surface area (Å²) in [5.41, 5.74) is 5.59. The Morgan fingerprint density at radius 3 is 2.29 bits per heavy atom. The lowest BCUT2D eigenvalue weighted by molar-refractivity contribution is 0.104. The third kappa shape index (κ3) is 4.54. The molecular formula is C32H34N2O4. The van der Waals surface area contributed by atoms with E-state index in [0.717, 1.165) is 72.0 Å². The van der Waals surface area contributed by atoms with Crippen molar-refractivity contribution in [3.8, 4) is 28.5 Å². The topological polar surface area (TPSA) is 52.9 Å². The number of fused-ring (bicyclic) bond motifs is 5. The van der Waals surface area contributed by atoms with Gasteiger partial charge in [0, 0.05) is 35.1 Å². The average molecular weight is 511 g/mol. The van der Waals surface area contributed by atoms with E-state index in [1.165, 1.54) is 24.8 Å². The summed E-state index contributed by atoms with van der Waals surface area (Å²) < 4.78 is 19.4. The monoisotopic (exact) mass is 510 g/mol. The number of likely N-dealkylation sites (tertiary alicyclic amines) is 1. The lowest BCUT2D eigenvalue weighted by Gasteiger charge is -2.26. The maximum atomic E-state index is 14.2. The molecule has 0 spiro atoms. The van der Waals surface area contributed by atoms with Crippen LogP contribution >= 0.6 is 0 Å². The molecule has 0 aliphatic carbocycles. The third-order valence-corrected chi connectivity index (χ3v) is 7.92. The van der Waals surface area contributed by atoms with Crippen LogP contribution in [0, 0.1) is 0 Å². The molecule has 6 nitrogen and oxygen atoms in total. The molecule has 0 saturated carbocycles. The standard InChI is InChI=1S/C32H34N2O4/c1-36-25-11-6-22-14-17-34-29-13-12-26(37-2)21-28(29)30(31(34)27(22)20-25)32(35)23-7-9-24(10-8-23)38-19-18-33-15-4-3-5-16-33/h6-13,20-21H,3-5,14-19H2,1-2H3. The maximum Gasteiger partial charge on any atom is 0.195 e. The fraction of sp³-hybridized carbons (Fsp3) is 0.344. The second-order valence-corrected chi connectivity index (χ2v) is 10.1. The molecule has 3 heterocycles. The van der Waals surface area contributed by atoms with Gasteiger partial charge in [-0.05, 0) is 92.5 Å². The van der Waals surface area contributed by atoms with Crippen molar-refractivity contribution < 1.29 is 19.0 Å². The highest BCUT2D eigenvalue weighted by atomic mass is 16.5. The van der Waals surface area contributed by atoms with Crippen molar-refractivity contribution in [3.05, 3.63) is 77.4 Å². The van der Waals surface area contributed by atoms with Gasteiger partial charge < -0.3 is 18.8 Å². The third-order valence-electron chi connectivity index (χ3n) is 7.92. The number of hydrogen-bond donors (Lipinski definition) is 0. The van der Waals surface area contributed by atoms with E-state index >= 15 is 0 Å². The quantitative estimate of drug-likeness (QED) is 0.273. The number of methoxy groups -OCH3 is 2. The van der Waals surface area contributed by atoms with E-state index in [2.05, 4.69) is 21.6 Å². The van der Waals surface area contributed by atoms with Gasteiger partial charge in [-0.3, -0.25) is 9.69 Å². The van der Waals surface area contributed by atoms with Crippen LogP contribution in [0.4, 0.5) is 0 Å². The van der Waals surface area contributed by atoms with Gasteiger partial charge in [0.15, 0.2) is 5.78 Å². The summed E-state index contributed by atoms with van der Waals surface area (Å²) in [4.78, 5) is 16.6. The van der Waals surface area contributed by atoms with E-state index in [4.69, 9.17) is 14.2 Å². The summed E-state index contributed by atoms with van der Waals surface area (Å²) in [6, 6.07) is 19.7. The molecule has 38 heavy (non-hydrogen) atoms. The zero-order chi connectivity index (χ0) is 26.1. The van der Waals surface area contributed by atoms with Gasteiger partial charge in [-0.2, -0.15) is 0 Å². The Hall–Kier alpha value is -3.77. The minimum absolute atomic E-state index is 0.00691. The first kappa shape index (κ1) is 24.6. The number of hydrogen-bond acceptors (Lipinski definition) is 5. The van der Waals surface area contributed by atoms with Crippen LogP contribution in [0.15, 0.2) is 60.7 Å². The zero-order valence-electron chi connectivity index (χ0n) is 22.2. The zero-order valence-corrected chi connectivity index (χ0v) is 22.2. The van der Waals surface area contributed by atoms with Crippen molar-refractivity contribution in [1.29, 1.82) is 0 Å². The second-order valence-electron chi connectivity index (χ2n) is 10.1. The van der Waals surface area contributed by atoms with Crippen molar-refractivity contribution in [2.75, 3.05) is 40.5 Å².